The van der Waals surface area contributed by atoms with Gasteiger partial charge in [-0.2, -0.15) is 0 Å². The van der Waals surface area contributed by atoms with Crippen LogP contribution in [0.3, 0.4) is 0 Å². The van der Waals surface area contributed by atoms with E-state index in [1.807, 2.05) is 65.8 Å². The lowest BCUT2D eigenvalue weighted by Gasteiger charge is -2.27. The van der Waals surface area contributed by atoms with E-state index < -0.39 is 17.3 Å². The van der Waals surface area contributed by atoms with Gasteiger partial charge in [-0.1, -0.05) is 18.2 Å². The molecule has 0 aliphatic carbocycles. The first-order valence-corrected chi connectivity index (χ1v) is 9.79. The Morgan fingerprint density at radius 2 is 1.54 bits per heavy atom. The van der Waals surface area contributed by atoms with E-state index in [1.165, 1.54) is 0 Å². The summed E-state index contributed by atoms with van der Waals surface area (Å²) in [5.74, 6) is 0. The summed E-state index contributed by atoms with van der Waals surface area (Å²) in [6.07, 6.45) is 0.830. The van der Waals surface area contributed by atoms with Gasteiger partial charge in [-0.05, 0) is 66.0 Å². The number of para-hydroxylation sites is 1. The van der Waals surface area contributed by atoms with E-state index in [-0.39, 0.29) is 6.09 Å². The summed E-state index contributed by atoms with van der Waals surface area (Å²) in [5.41, 5.74) is 1.55. The highest BCUT2D eigenvalue weighted by Crippen LogP contribution is 2.32. The number of hydrogen-bond acceptors (Lipinski definition) is 4. The van der Waals surface area contributed by atoms with Crippen molar-refractivity contribution in [2.24, 2.45) is 0 Å². The van der Waals surface area contributed by atoms with Crippen LogP contribution in [0.1, 0.15) is 59.2 Å². The zero-order valence-corrected chi connectivity index (χ0v) is 17.7. The van der Waals surface area contributed by atoms with Gasteiger partial charge in [0.1, 0.15) is 11.2 Å². The number of hydrogen-bond donors (Lipinski definition) is 0. The summed E-state index contributed by atoms with van der Waals surface area (Å²) < 4.78 is 12.9. The SMILES string of the molecule is CC(C)(C)OC(=O)N1CCCc2c(n(C(=O)OC(C)(C)C)c3ccccc23)C1. The quantitative estimate of drug-likeness (QED) is 0.631. The Morgan fingerprint density at radius 1 is 0.929 bits per heavy atom. The second kappa shape index (κ2) is 7.15. The molecular formula is C22H30N2O4. The number of amides is 1. The van der Waals surface area contributed by atoms with Crippen molar-refractivity contribution in [1.82, 2.24) is 9.47 Å². The molecule has 1 aromatic heterocycles. The third kappa shape index (κ3) is 4.32. The molecule has 3 rings (SSSR count). The van der Waals surface area contributed by atoms with Gasteiger partial charge >= 0.3 is 12.2 Å². The molecule has 0 fully saturated rings. The number of aromatic nitrogens is 1. The average molecular weight is 386 g/mol. The number of ether oxygens (including phenoxy) is 2. The fraction of sp³-hybridized carbons (Fsp3) is 0.545. The summed E-state index contributed by atoms with van der Waals surface area (Å²) in [7, 11) is 0. The normalized spacial score (nSPS) is 15.1. The van der Waals surface area contributed by atoms with Crippen molar-refractivity contribution in [3.63, 3.8) is 0 Å². The van der Waals surface area contributed by atoms with E-state index in [4.69, 9.17) is 9.47 Å². The molecule has 1 amide bonds. The molecule has 2 heterocycles. The average Bonchev–Trinajstić information content (AvgIpc) is 2.69. The minimum atomic E-state index is -0.606. The molecule has 152 valence electrons. The summed E-state index contributed by atoms with van der Waals surface area (Å²) in [6.45, 7) is 12.0. The maximum absolute atomic E-state index is 13.0. The highest BCUT2D eigenvalue weighted by molar-refractivity contribution is 5.94. The van der Waals surface area contributed by atoms with Crippen LogP contribution in [0.25, 0.3) is 10.9 Å². The maximum Gasteiger partial charge on any atom is 0.419 e. The molecule has 0 radical (unpaired) electrons. The molecule has 1 aliphatic heterocycles. The molecule has 0 atom stereocenters. The van der Waals surface area contributed by atoms with Gasteiger partial charge in [0.05, 0.1) is 17.8 Å². The predicted molar refractivity (Wildman–Crippen MR) is 109 cm³/mol. The van der Waals surface area contributed by atoms with E-state index in [0.717, 1.165) is 35.0 Å². The molecule has 28 heavy (non-hydrogen) atoms. The molecule has 0 spiro atoms. The van der Waals surface area contributed by atoms with Gasteiger partial charge in [0.15, 0.2) is 0 Å². The van der Waals surface area contributed by atoms with Crippen molar-refractivity contribution in [3.05, 3.63) is 35.5 Å². The topological polar surface area (TPSA) is 60.8 Å². The molecule has 0 bridgehead atoms. The van der Waals surface area contributed by atoms with Gasteiger partial charge < -0.3 is 14.4 Å². The van der Waals surface area contributed by atoms with Crippen LogP contribution in [0.5, 0.6) is 0 Å². The van der Waals surface area contributed by atoms with Crippen LogP contribution in [0.15, 0.2) is 24.3 Å². The Balaban J connectivity index is 2.05. The van der Waals surface area contributed by atoms with Crippen LogP contribution in [-0.2, 0) is 22.4 Å². The van der Waals surface area contributed by atoms with Gasteiger partial charge in [0, 0.05) is 11.9 Å². The maximum atomic E-state index is 13.0. The first kappa shape index (κ1) is 20.2. The number of rotatable bonds is 0. The molecule has 0 saturated heterocycles. The van der Waals surface area contributed by atoms with Gasteiger partial charge in [0.2, 0.25) is 0 Å². The first-order valence-electron chi connectivity index (χ1n) is 9.79. The van der Waals surface area contributed by atoms with Gasteiger partial charge in [-0.3, -0.25) is 0 Å². The Kier molecular flexibility index (Phi) is 5.17. The van der Waals surface area contributed by atoms with Crippen LogP contribution in [0, 0.1) is 0 Å². The Morgan fingerprint density at radius 3 is 2.18 bits per heavy atom. The minimum Gasteiger partial charge on any atom is -0.444 e. The molecule has 1 aliphatic rings. The fourth-order valence-electron chi connectivity index (χ4n) is 3.51. The van der Waals surface area contributed by atoms with Gasteiger partial charge in [-0.15, -0.1) is 0 Å². The first-order chi connectivity index (χ1) is 13.0. The number of carbonyl (C=O) groups excluding carboxylic acids is 2. The highest BCUT2D eigenvalue weighted by atomic mass is 16.6. The molecular weight excluding hydrogens is 356 g/mol. The Bertz CT molecular complexity index is 900. The Labute approximate surface area is 166 Å². The standard InChI is InChI=1S/C22H30N2O4/c1-21(2,3)27-19(25)23-13-9-11-16-15-10-7-8-12-17(15)24(18(16)14-23)20(26)28-22(4,5)6/h7-8,10,12H,9,11,13-14H2,1-6H3. The van der Waals surface area contributed by atoms with Crippen LogP contribution in [-0.4, -0.2) is 39.4 Å². The largest absolute Gasteiger partial charge is 0.444 e. The summed E-state index contributed by atoms with van der Waals surface area (Å²) in [4.78, 5) is 27.4. The monoisotopic (exact) mass is 386 g/mol. The van der Waals surface area contributed by atoms with Gasteiger partial charge in [0.25, 0.3) is 0 Å². The van der Waals surface area contributed by atoms with Crippen molar-refractivity contribution in [2.45, 2.75) is 72.1 Å². The summed E-state index contributed by atoms with van der Waals surface area (Å²) in [5, 5.41) is 1.04. The number of fused-ring (bicyclic) bond motifs is 3. The lowest BCUT2D eigenvalue weighted by atomic mass is 10.1. The summed E-state index contributed by atoms with van der Waals surface area (Å²) >= 11 is 0. The third-order valence-corrected chi connectivity index (χ3v) is 4.51. The van der Waals surface area contributed by atoms with E-state index in [2.05, 4.69) is 0 Å². The second-order valence-electron chi connectivity index (χ2n) is 9.26. The van der Waals surface area contributed by atoms with Crippen molar-refractivity contribution in [2.75, 3.05) is 6.54 Å². The van der Waals surface area contributed by atoms with Crippen LogP contribution >= 0.6 is 0 Å². The van der Waals surface area contributed by atoms with Crippen molar-refractivity contribution in [3.8, 4) is 0 Å². The van der Waals surface area contributed by atoms with Crippen LogP contribution < -0.4 is 0 Å². The van der Waals surface area contributed by atoms with Gasteiger partial charge in [-0.25, -0.2) is 14.2 Å². The Hall–Kier alpha value is -2.50. The van der Waals surface area contributed by atoms with Crippen molar-refractivity contribution < 1.29 is 19.1 Å². The lowest BCUT2D eigenvalue weighted by Crippen LogP contribution is -2.37. The highest BCUT2D eigenvalue weighted by Gasteiger charge is 2.31. The zero-order valence-electron chi connectivity index (χ0n) is 17.7. The van der Waals surface area contributed by atoms with Crippen molar-refractivity contribution >= 4 is 23.1 Å². The second-order valence-corrected chi connectivity index (χ2v) is 9.26. The minimum absolute atomic E-state index is 0.318. The van der Waals surface area contributed by atoms with Crippen LogP contribution in [0.2, 0.25) is 0 Å². The summed E-state index contributed by atoms with van der Waals surface area (Å²) in [6, 6.07) is 7.83. The lowest BCUT2D eigenvalue weighted by molar-refractivity contribution is 0.0227. The fourth-order valence-corrected chi connectivity index (χ4v) is 3.51. The smallest absolute Gasteiger partial charge is 0.419 e. The molecule has 0 N–H and O–H groups in total. The van der Waals surface area contributed by atoms with Crippen LogP contribution in [0.4, 0.5) is 9.59 Å². The van der Waals surface area contributed by atoms with E-state index in [0.29, 0.717) is 13.1 Å². The van der Waals surface area contributed by atoms with E-state index in [9.17, 15) is 9.59 Å². The third-order valence-electron chi connectivity index (χ3n) is 4.51. The molecule has 0 saturated carbocycles. The van der Waals surface area contributed by atoms with E-state index in [1.54, 1.807) is 9.47 Å². The molecule has 6 nitrogen and oxygen atoms in total. The predicted octanol–water partition coefficient (Wildman–Crippen LogP) is 5.11. The molecule has 2 aromatic rings. The molecule has 0 unspecified atom stereocenters. The number of aryl methyl sites for hydroxylation is 1. The van der Waals surface area contributed by atoms with Crippen molar-refractivity contribution in [1.29, 1.82) is 0 Å². The molecule has 1 aromatic carbocycles. The number of nitrogens with zero attached hydrogens (tertiary/aromatic N) is 2. The van der Waals surface area contributed by atoms with E-state index >= 15 is 0 Å². The number of benzene rings is 1. The number of carbonyl (C=O) groups is 2. The molecule has 6 heteroatoms. The zero-order chi connectivity index (χ0) is 20.7.